The Labute approximate surface area is 202 Å². The van der Waals surface area contributed by atoms with Crippen LogP contribution in [0.1, 0.15) is 21.5 Å². The number of rotatable bonds is 7. The van der Waals surface area contributed by atoms with Crippen LogP contribution in [-0.4, -0.2) is 74.2 Å². The van der Waals surface area contributed by atoms with E-state index in [-0.39, 0.29) is 17.2 Å². The largest absolute Gasteiger partial charge is 0.378 e. The number of benzene rings is 2. The molecule has 0 bridgehead atoms. The third kappa shape index (κ3) is 5.03. The molecule has 9 nitrogen and oxygen atoms in total. The Morgan fingerprint density at radius 3 is 2.59 bits per heavy atom. The van der Waals surface area contributed by atoms with E-state index in [1.54, 1.807) is 17.0 Å². The van der Waals surface area contributed by atoms with E-state index in [0.717, 1.165) is 21.3 Å². The molecule has 1 aliphatic heterocycles. The van der Waals surface area contributed by atoms with E-state index in [0.29, 0.717) is 50.2 Å². The van der Waals surface area contributed by atoms with Crippen LogP contribution in [0.3, 0.4) is 0 Å². The highest BCUT2D eigenvalue weighted by molar-refractivity contribution is 7.22. The topological polar surface area (TPSA) is 92.0 Å². The molecule has 0 spiro atoms. The van der Waals surface area contributed by atoms with Gasteiger partial charge in [0, 0.05) is 37.8 Å². The smallest absolute Gasteiger partial charge is 0.293 e. The minimum Gasteiger partial charge on any atom is -0.378 e. The van der Waals surface area contributed by atoms with Crippen LogP contribution >= 0.6 is 11.3 Å². The molecule has 0 atom stereocenters. The molecule has 0 aliphatic carbocycles. The van der Waals surface area contributed by atoms with Crippen LogP contribution in [-0.2, 0) is 4.74 Å². The maximum absolute atomic E-state index is 13.7. The van der Waals surface area contributed by atoms with Gasteiger partial charge in [0.2, 0.25) is 0 Å². The van der Waals surface area contributed by atoms with Crippen molar-refractivity contribution in [1.82, 2.24) is 9.88 Å². The molecule has 1 saturated heterocycles. The van der Waals surface area contributed by atoms with Crippen LogP contribution in [0, 0.1) is 24.0 Å². The number of anilines is 2. The lowest BCUT2D eigenvalue weighted by atomic mass is 10.1. The fourth-order valence-corrected chi connectivity index (χ4v) is 5.13. The number of morpholine rings is 1. The summed E-state index contributed by atoms with van der Waals surface area (Å²) in [7, 11) is 3.88. The summed E-state index contributed by atoms with van der Waals surface area (Å²) in [5.41, 5.74) is 3.79. The standard InChI is InChI=1S/C24H29N5O4S/c1-16-13-17(2)22-19(14-16)25-24(34-22)28(8-7-26(3)4)23(30)18-5-6-20(21(15-18)29(31)32)27-9-11-33-12-10-27/h5-6,13-15H,7-12H2,1-4H3. The first-order valence-corrected chi connectivity index (χ1v) is 12.0. The van der Waals surface area contributed by atoms with Gasteiger partial charge in [-0.1, -0.05) is 17.4 Å². The number of aryl methyl sites for hydroxylation is 2. The summed E-state index contributed by atoms with van der Waals surface area (Å²) < 4.78 is 6.41. The molecule has 180 valence electrons. The number of carbonyl (C=O) groups excluding carboxylic acids is 1. The van der Waals surface area contributed by atoms with Crippen molar-refractivity contribution < 1.29 is 14.5 Å². The zero-order valence-electron chi connectivity index (χ0n) is 19.9. The second kappa shape index (κ2) is 10.0. The lowest BCUT2D eigenvalue weighted by molar-refractivity contribution is -0.384. The van der Waals surface area contributed by atoms with E-state index in [1.165, 1.54) is 17.4 Å². The maximum atomic E-state index is 13.7. The van der Waals surface area contributed by atoms with Gasteiger partial charge in [-0.15, -0.1) is 0 Å². The number of nitro groups is 1. The second-order valence-electron chi connectivity index (χ2n) is 8.75. The number of aromatic nitrogens is 1. The predicted octanol–water partition coefficient (Wildman–Crippen LogP) is 3.87. The molecule has 10 heteroatoms. The summed E-state index contributed by atoms with van der Waals surface area (Å²) >= 11 is 1.47. The molecule has 3 aromatic rings. The fourth-order valence-electron chi connectivity index (χ4n) is 4.09. The molecule has 34 heavy (non-hydrogen) atoms. The van der Waals surface area contributed by atoms with Crippen molar-refractivity contribution in [3.8, 4) is 0 Å². The summed E-state index contributed by atoms with van der Waals surface area (Å²) in [4.78, 5) is 35.4. The molecule has 0 unspecified atom stereocenters. The normalized spacial score (nSPS) is 14.1. The second-order valence-corrected chi connectivity index (χ2v) is 9.72. The first-order valence-electron chi connectivity index (χ1n) is 11.2. The van der Waals surface area contributed by atoms with Gasteiger partial charge >= 0.3 is 0 Å². The summed E-state index contributed by atoms with van der Waals surface area (Å²) in [6.07, 6.45) is 0. The van der Waals surface area contributed by atoms with Crippen LogP contribution in [0.25, 0.3) is 10.2 Å². The Kier molecular flexibility index (Phi) is 7.11. The highest BCUT2D eigenvalue weighted by atomic mass is 32.1. The van der Waals surface area contributed by atoms with Gasteiger partial charge in [0.05, 0.1) is 28.4 Å². The summed E-state index contributed by atoms with van der Waals surface area (Å²) in [5.74, 6) is -0.299. The van der Waals surface area contributed by atoms with Gasteiger partial charge < -0.3 is 14.5 Å². The quantitative estimate of drug-likeness (QED) is 0.372. The first kappa shape index (κ1) is 24.1. The van der Waals surface area contributed by atoms with E-state index in [4.69, 9.17) is 9.72 Å². The molecule has 0 N–H and O–H groups in total. The van der Waals surface area contributed by atoms with E-state index in [2.05, 4.69) is 6.07 Å². The molecule has 1 fully saturated rings. The van der Waals surface area contributed by atoms with Crippen molar-refractivity contribution in [2.45, 2.75) is 13.8 Å². The van der Waals surface area contributed by atoms with Crippen LogP contribution in [0.5, 0.6) is 0 Å². The zero-order chi connectivity index (χ0) is 24.4. The van der Waals surface area contributed by atoms with Gasteiger partial charge in [0.25, 0.3) is 11.6 Å². The van der Waals surface area contributed by atoms with Crippen molar-refractivity contribution >= 4 is 44.0 Å². The molecular weight excluding hydrogens is 454 g/mol. The number of nitrogens with zero attached hydrogens (tertiary/aromatic N) is 5. The first-order chi connectivity index (χ1) is 16.2. The maximum Gasteiger partial charge on any atom is 0.293 e. The fraction of sp³-hybridized carbons (Fsp3) is 0.417. The molecule has 1 aromatic heterocycles. The third-order valence-corrected chi connectivity index (χ3v) is 7.06. The molecule has 0 radical (unpaired) electrons. The average Bonchev–Trinajstić information content (AvgIpc) is 3.23. The van der Waals surface area contributed by atoms with Gasteiger partial charge in [-0.3, -0.25) is 19.8 Å². The highest BCUT2D eigenvalue weighted by Gasteiger charge is 2.27. The number of fused-ring (bicyclic) bond motifs is 1. The van der Waals surface area contributed by atoms with Crippen molar-refractivity contribution in [2.24, 2.45) is 0 Å². The Morgan fingerprint density at radius 2 is 1.91 bits per heavy atom. The van der Waals surface area contributed by atoms with Crippen molar-refractivity contribution in [3.63, 3.8) is 0 Å². The van der Waals surface area contributed by atoms with E-state index in [1.807, 2.05) is 43.8 Å². The molecule has 0 saturated carbocycles. The third-order valence-electron chi connectivity index (χ3n) is 5.83. The van der Waals surface area contributed by atoms with Gasteiger partial charge in [0.1, 0.15) is 5.69 Å². The summed E-state index contributed by atoms with van der Waals surface area (Å²) in [6, 6.07) is 8.85. The van der Waals surface area contributed by atoms with E-state index < -0.39 is 4.92 Å². The number of ether oxygens (including phenoxy) is 1. The van der Waals surface area contributed by atoms with Crippen LogP contribution in [0.2, 0.25) is 0 Å². The molecule has 1 aliphatic rings. The van der Waals surface area contributed by atoms with Crippen molar-refractivity contribution in [3.05, 3.63) is 57.1 Å². The van der Waals surface area contributed by atoms with Crippen LogP contribution in [0.15, 0.2) is 30.3 Å². The van der Waals surface area contributed by atoms with E-state index >= 15 is 0 Å². The van der Waals surface area contributed by atoms with Crippen molar-refractivity contribution in [2.75, 3.05) is 63.3 Å². The number of amides is 1. The Morgan fingerprint density at radius 1 is 1.18 bits per heavy atom. The Hall–Kier alpha value is -3.08. The highest BCUT2D eigenvalue weighted by Crippen LogP contribution is 2.34. The number of thiazole rings is 1. The lowest BCUT2D eigenvalue weighted by Crippen LogP contribution is -2.37. The van der Waals surface area contributed by atoms with Gasteiger partial charge in [-0.05, 0) is 57.3 Å². The molecule has 4 rings (SSSR count). The minimum absolute atomic E-state index is 0.0731. The van der Waals surface area contributed by atoms with Crippen molar-refractivity contribution in [1.29, 1.82) is 0 Å². The van der Waals surface area contributed by atoms with Gasteiger partial charge in [-0.25, -0.2) is 4.98 Å². The van der Waals surface area contributed by atoms with Gasteiger partial charge in [-0.2, -0.15) is 0 Å². The monoisotopic (exact) mass is 483 g/mol. The van der Waals surface area contributed by atoms with E-state index in [9.17, 15) is 14.9 Å². The van der Waals surface area contributed by atoms with Crippen LogP contribution in [0.4, 0.5) is 16.5 Å². The number of carbonyl (C=O) groups is 1. The number of nitro benzene ring substituents is 1. The summed E-state index contributed by atoms with van der Waals surface area (Å²) in [5, 5.41) is 12.5. The molecular formula is C24H29N5O4S. The number of hydrogen-bond donors (Lipinski definition) is 0. The number of hydrogen-bond acceptors (Lipinski definition) is 8. The molecule has 2 heterocycles. The molecule has 2 aromatic carbocycles. The van der Waals surface area contributed by atoms with Crippen LogP contribution < -0.4 is 9.80 Å². The zero-order valence-corrected chi connectivity index (χ0v) is 20.7. The average molecular weight is 484 g/mol. The lowest BCUT2D eigenvalue weighted by Gasteiger charge is -2.28. The summed E-state index contributed by atoms with van der Waals surface area (Å²) in [6.45, 7) is 7.31. The predicted molar refractivity (Wildman–Crippen MR) is 135 cm³/mol. The molecule has 1 amide bonds. The minimum atomic E-state index is -0.421. The SMILES string of the molecule is Cc1cc(C)c2sc(N(CCN(C)C)C(=O)c3ccc(N4CCOCC4)c([N+](=O)[O-])c3)nc2c1. The van der Waals surface area contributed by atoms with Gasteiger partial charge in [0.15, 0.2) is 5.13 Å². The Bertz CT molecular complexity index is 1220. The Balaban J connectivity index is 1.72. The number of likely N-dealkylation sites (N-methyl/N-ethyl adjacent to an activating group) is 1.